The Balaban J connectivity index is 2.56. The van der Waals surface area contributed by atoms with E-state index in [2.05, 4.69) is 20.9 Å². The number of phenolic OH excluding ortho intramolecular Hbond substituents is 1. The lowest BCUT2D eigenvalue weighted by Crippen LogP contribution is -2.16. The summed E-state index contributed by atoms with van der Waals surface area (Å²) >= 11 is 4.48. The Morgan fingerprint density at radius 2 is 2.32 bits per heavy atom. The third kappa shape index (κ3) is 2.58. The molecule has 1 aromatic heterocycles. The third-order valence-corrected chi connectivity index (χ3v) is 4.19. The molecular weight excluding hydrogens is 334 g/mol. The van der Waals surface area contributed by atoms with Gasteiger partial charge in [-0.3, -0.25) is 0 Å². The number of hydrogen-bond donors (Lipinski definition) is 2. The van der Waals surface area contributed by atoms with Crippen LogP contribution in [0.25, 0.3) is 10.2 Å². The van der Waals surface area contributed by atoms with Gasteiger partial charge in [-0.1, -0.05) is 0 Å². The molecule has 0 aliphatic heterocycles. The van der Waals surface area contributed by atoms with Crippen LogP contribution in [0.4, 0.5) is 0 Å². The Morgan fingerprint density at radius 3 is 2.95 bits per heavy atom. The standard InChI is InChI=1S/C12H12BrNO4S/c1-3-18-11(17)9(16)7-5(2)4-6-10(8(7)15)19-12(13)14-6/h4,9,15-16H,3H2,1-2H3/t9-/m0/s1. The monoisotopic (exact) mass is 345 g/mol. The maximum absolute atomic E-state index is 11.6. The molecular formula is C12H12BrNO4S. The quantitative estimate of drug-likeness (QED) is 0.836. The summed E-state index contributed by atoms with van der Waals surface area (Å²) in [6.45, 7) is 3.52. The molecule has 1 aromatic carbocycles. The molecule has 1 atom stereocenters. The lowest BCUT2D eigenvalue weighted by Gasteiger charge is -2.14. The second-order valence-corrected chi connectivity index (χ2v) is 6.20. The Kier molecular flexibility index (Phi) is 4.07. The van der Waals surface area contributed by atoms with Gasteiger partial charge in [0.15, 0.2) is 10.0 Å². The average molecular weight is 346 g/mol. The summed E-state index contributed by atoms with van der Waals surface area (Å²) in [4.78, 5) is 15.8. The van der Waals surface area contributed by atoms with Crippen molar-refractivity contribution in [3.05, 3.63) is 21.1 Å². The molecule has 2 rings (SSSR count). The highest BCUT2D eigenvalue weighted by molar-refractivity contribution is 9.11. The van der Waals surface area contributed by atoms with Crippen molar-refractivity contribution in [2.45, 2.75) is 20.0 Å². The topological polar surface area (TPSA) is 79.7 Å². The van der Waals surface area contributed by atoms with E-state index in [1.54, 1.807) is 19.9 Å². The number of nitrogens with zero attached hydrogens (tertiary/aromatic N) is 1. The number of aromatic hydroxyl groups is 1. The molecule has 0 spiro atoms. The first-order chi connectivity index (χ1) is 8.95. The fourth-order valence-corrected chi connectivity index (χ4v) is 3.25. The van der Waals surface area contributed by atoms with Crippen molar-refractivity contribution in [3.8, 4) is 5.75 Å². The molecule has 2 aromatic rings. The molecule has 102 valence electrons. The van der Waals surface area contributed by atoms with E-state index < -0.39 is 12.1 Å². The lowest BCUT2D eigenvalue weighted by atomic mass is 10.0. The third-order valence-electron chi connectivity index (χ3n) is 2.66. The van der Waals surface area contributed by atoms with Gasteiger partial charge in [0, 0.05) is 5.56 Å². The Bertz CT molecular complexity index is 640. The molecule has 0 fully saturated rings. The zero-order valence-corrected chi connectivity index (χ0v) is 12.7. The normalized spacial score (nSPS) is 12.6. The fraction of sp³-hybridized carbons (Fsp3) is 0.333. The number of thiazole rings is 1. The van der Waals surface area contributed by atoms with Gasteiger partial charge in [0.1, 0.15) is 5.75 Å². The van der Waals surface area contributed by atoms with Crippen LogP contribution in [-0.4, -0.2) is 27.8 Å². The van der Waals surface area contributed by atoms with E-state index >= 15 is 0 Å². The number of aliphatic hydroxyl groups is 1. The van der Waals surface area contributed by atoms with Crippen LogP contribution in [0.5, 0.6) is 5.75 Å². The summed E-state index contributed by atoms with van der Waals surface area (Å²) in [6, 6.07) is 1.72. The first-order valence-corrected chi connectivity index (χ1v) is 7.19. The predicted octanol–water partition coefficient (Wildman–Crippen LogP) is 2.67. The van der Waals surface area contributed by atoms with Crippen molar-refractivity contribution >= 4 is 43.5 Å². The summed E-state index contributed by atoms with van der Waals surface area (Å²) in [7, 11) is 0. The van der Waals surface area contributed by atoms with E-state index in [0.29, 0.717) is 19.7 Å². The Hall–Kier alpha value is -1.18. The fourth-order valence-electron chi connectivity index (χ4n) is 1.85. The molecule has 0 bridgehead atoms. The van der Waals surface area contributed by atoms with Crippen molar-refractivity contribution in [2.75, 3.05) is 6.61 Å². The molecule has 0 radical (unpaired) electrons. The predicted molar refractivity (Wildman–Crippen MR) is 75.3 cm³/mol. The number of hydrogen-bond acceptors (Lipinski definition) is 6. The number of carbonyl (C=O) groups excluding carboxylic acids is 1. The number of phenols is 1. The van der Waals surface area contributed by atoms with Crippen LogP contribution in [0.3, 0.4) is 0 Å². The van der Waals surface area contributed by atoms with Gasteiger partial charge in [0.05, 0.1) is 16.8 Å². The highest BCUT2D eigenvalue weighted by Gasteiger charge is 2.26. The van der Waals surface area contributed by atoms with E-state index in [4.69, 9.17) is 4.74 Å². The van der Waals surface area contributed by atoms with Gasteiger partial charge in [-0.05, 0) is 41.4 Å². The zero-order valence-electron chi connectivity index (χ0n) is 10.3. The van der Waals surface area contributed by atoms with Crippen LogP contribution >= 0.6 is 27.3 Å². The minimum absolute atomic E-state index is 0.126. The first kappa shape index (κ1) is 14.2. The molecule has 0 unspecified atom stereocenters. The number of aliphatic hydroxyl groups excluding tert-OH is 1. The molecule has 0 saturated heterocycles. The van der Waals surface area contributed by atoms with E-state index in [1.807, 2.05) is 0 Å². The van der Waals surface area contributed by atoms with Crippen molar-refractivity contribution < 1.29 is 19.7 Å². The number of esters is 1. The SMILES string of the molecule is CCOC(=O)[C@@H](O)c1c(C)cc2nc(Br)sc2c1O. The summed E-state index contributed by atoms with van der Waals surface area (Å²) in [5, 5.41) is 20.2. The van der Waals surface area contributed by atoms with Crippen molar-refractivity contribution in [1.29, 1.82) is 0 Å². The number of aryl methyl sites for hydroxylation is 1. The average Bonchev–Trinajstić information content (AvgIpc) is 2.70. The number of ether oxygens (including phenoxy) is 1. The molecule has 5 nitrogen and oxygen atoms in total. The number of benzene rings is 1. The largest absolute Gasteiger partial charge is 0.506 e. The summed E-state index contributed by atoms with van der Waals surface area (Å²) in [5.74, 6) is -0.900. The van der Waals surface area contributed by atoms with Crippen LogP contribution in [0.2, 0.25) is 0 Å². The smallest absolute Gasteiger partial charge is 0.339 e. The minimum atomic E-state index is -1.50. The molecule has 0 amide bonds. The van der Waals surface area contributed by atoms with E-state index in [1.165, 1.54) is 11.3 Å². The van der Waals surface area contributed by atoms with E-state index in [-0.39, 0.29) is 17.9 Å². The highest BCUT2D eigenvalue weighted by atomic mass is 79.9. The molecule has 1 heterocycles. The van der Waals surface area contributed by atoms with Gasteiger partial charge in [-0.15, -0.1) is 11.3 Å². The summed E-state index contributed by atoms with van der Waals surface area (Å²) in [5.41, 5.74) is 1.37. The first-order valence-electron chi connectivity index (χ1n) is 5.58. The number of halogens is 1. The van der Waals surface area contributed by atoms with Gasteiger partial charge < -0.3 is 14.9 Å². The van der Waals surface area contributed by atoms with Crippen LogP contribution in [0, 0.1) is 6.92 Å². The molecule has 19 heavy (non-hydrogen) atoms. The lowest BCUT2D eigenvalue weighted by molar-refractivity contribution is -0.153. The van der Waals surface area contributed by atoms with E-state index in [9.17, 15) is 15.0 Å². The molecule has 0 saturated carbocycles. The molecule has 2 N–H and O–H groups in total. The zero-order chi connectivity index (χ0) is 14.2. The number of aromatic nitrogens is 1. The second-order valence-electron chi connectivity index (χ2n) is 3.93. The number of carbonyl (C=O) groups is 1. The van der Waals surface area contributed by atoms with Crippen molar-refractivity contribution in [1.82, 2.24) is 4.98 Å². The summed E-state index contributed by atoms with van der Waals surface area (Å²) in [6.07, 6.45) is -1.50. The van der Waals surface area contributed by atoms with Crippen LogP contribution < -0.4 is 0 Å². The van der Waals surface area contributed by atoms with Gasteiger partial charge in [-0.25, -0.2) is 9.78 Å². The van der Waals surface area contributed by atoms with Crippen LogP contribution in [0.1, 0.15) is 24.2 Å². The molecule has 7 heteroatoms. The van der Waals surface area contributed by atoms with E-state index in [0.717, 1.165) is 0 Å². The number of fused-ring (bicyclic) bond motifs is 1. The number of rotatable bonds is 3. The van der Waals surface area contributed by atoms with Gasteiger partial charge in [0.25, 0.3) is 0 Å². The maximum Gasteiger partial charge on any atom is 0.339 e. The Morgan fingerprint density at radius 1 is 1.63 bits per heavy atom. The van der Waals surface area contributed by atoms with Gasteiger partial charge >= 0.3 is 5.97 Å². The minimum Gasteiger partial charge on any atom is -0.506 e. The van der Waals surface area contributed by atoms with Crippen LogP contribution in [0.15, 0.2) is 9.98 Å². The van der Waals surface area contributed by atoms with Crippen molar-refractivity contribution in [3.63, 3.8) is 0 Å². The highest BCUT2D eigenvalue weighted by Crippen LogP contribution is 2.40. The molecule has 0 aliphatic carbocycles. The molecule has 0 aliphatic rings. The van der Waals surface area contributed by atoms with Crippen molar-refractivity contribution in [2.24, 2.45) is 0 Å². The second kappa shape index (κ2) is 5.44. The van der Waals surface area contributed by atoms with Gasteiger partial charge in [0.2, 0.25) is 0 Å². The van der Waals surface area contributed by atoms with Gasteiger partial charge in [-0.2, -0.15) is 0 Å². The summed E-state index contributed by atoms with van der Waals surface area (Å²) < 4.78 is 5.91. The van der Waals surface area contributed by atoms with Crippen LogP contribution in [-0.2, 0) is 9.53 Å². The maximum atomic E-state index is 11.6. The Labute approximate surface area is 122 Å².